The molecule has 0 bridgehead atoms. The van der Waals surface area contributed by atoms with Crippen molar-refractivity contribution in [1.82, 2.24) is 0 Å². The summed E-state index contributed by atoms with van der Waals surface area (Å²) in [6.45, 7) is 0.573. The second kappa shape index (κ2) is 5.67. The molecule has 0 heterocycles. The Morgan fingerprint density at radius 1 is 1.53 bits per heavy atom. The summed E-state index contributed by atoms with van der Waals surface area (Å²) in [6, 6.07) is 6.77. The van der Waals surface area contributed by atoms with E-state index in [-0.39, 0.29) is 17.3 Å². The normalized spacial score (nSPS) is 21.9. The lowest BCUT2D eigenvalue weighted by Gasteiger charge is -2.20. The molecule has 0 spiro atoms. The minimum atomic E-state index is -0.507. The average Bonchev–Trinajstić information content (AvgIpc) is 2.85. The summed E-state index contributed by atoms with van der Waals surface area (Å²) >= 11 is 0. The highest BCUT2D eigenvalue weighted by Crippen LogP contribution is 2.33. The van der Waals surface area contributed by atoms with Gasteiger partial charge in [-0.2, -0.15) is 5.26 Å². The van der Waals surface area contributed by atoms with Gasteiger partial charge in [-0.25, -0.2) is 0 Å². The Hall–Kier alpha value is -2.13. The quantitative estimate of drug-likeness (QED) is 0.636. The van der Waals surface area contributed by atoms with Gasteiger partial charge < -0.3 is 11.1 Å². The van der Waals surface area contributed by atoms with Crippen LogP contribution in [-0.2, 0) is 0 Å². The van der Waals surface area contributed by atoms with E-state index in [0.29, 0.717) is 18.2 Å². The fraction of sp³-hybridized carbons (Fsp3) is 0.462. The molecule has 100 valence electrons. The van der Waals surface area contributed by atoms with E-state index >= 15 is 0 Å². The molecule has 6 nitrogen and oxygen atoms in total. The van der Waals surface area contributed by atoms with Gasteiger partial charge in [0.1, 0.15) is 17.3 Å². The van der Waals surface area contributed by atoms with Crippen molar-refractivity contribution in [2.24, 2.45) is 11.7 Å². The predicted octanol–water partition coefficient (Wildman–Crippen LogP) is 2.01. The number of nitrogens with two attached hydrogens (primary N) is 1. The number of hydrogen-bond acceptors (Lipinski definition) is 5. The van der Waals surface area contributed by atoms with Crippen LogP contribution < -0.4 is 11.1 Å². The van der Waals surface area contributed by atoms with E-state index in [4.69, 9.17) is 11.0 Å². The molecule has 0 amide bonds. The molecule has 1 saturated carbocycles. The number of nitrogens with one attached hydrogen (secondary N) is 1. The second-order valence-electron chi connectivity index (χ2n) is 4.75. The Kier molecular flexibility index (Phi) is 3.97. The van der Waals surface area contributed by atoms with Gasteiger partial charge in [-0.15, -0.1) is 0 Å². The lowest BCUT2D eigenvalue weighted by molar-refractivity contribution is -0.384. The third-order valence-electron chi connectivity index (χ3n) is 3.64. The molecule has 0 aliphatic heterocycles. The lowest BCUT2D eigenvalue weighted by Crippen LogP contribution is -2.29. The van der Waals surface area contributed by atoms with Gasteiger partial charge in [-0.05, 0) is 37.4 Å². The van der Waals surface area contributed by atoms with Crippen molar-refractivity contribution in [1.29, 1.82) is 5.26 Å². The fourth-order valence-corrected chi connectivity index (χ4v) is 2.66. The SMILES string of the molecule is N#Cc1cccc(NC2CCCC2CN)c1[N+](=O)[O-]. The van der Waals surface area contributed by atoms with Crippen LogP contribution in [0.15, 0.2) is 18.2 Å². The standard InChI is InChI=1S/C13H16N4O2/c14-7-9-3-1-5-11(9)16-12-6-2-4-10(8-15)13(12)17(18)19/h2,4,6,9,11,16H,1,3,5,7,14H2. The van der Waals surface area contributed by atoms with Gasteiger partial charge in [0.2, 0.25) is 0 Å². The summed E-state index contributed by atoms with van der Waals surface area (Å²) in [6.07, 6.45) is 3.07. The van der Waals surface area contributed by atoms with E-state index in [0.717, 1.165) is 19.3 Å². The Morgan fingerprint density at radius 3 is 2.95 bits per heavy atom. The van der Waals surface area contributed by atoms with E-state index in [1.807, 2.05) is 6.07 Å². The van der Waals surface area contributed by atoms with Crippen molar-refractivity contribution < 1.29 is 4.92 Å². The summed E-state index contributed by atoms with van der Waals surface area (Å²) in [5.41, 5.74) is 6.05. The van der Waals surface area contributed by atoms with Gasteiger partial charge in [0, 0.05) is 6.04 Å². The number of hydrogen-bond donors (Lipinski definition) is 2. The van der Waals surface area contributed by atoms with Gasteiger partial charge in [0.05, 0.1) is 4.92 Å². The smallest absolute Gasteiger partial charge is 0.309 e. The van der Waals surface area contributed by atoms with Crippen LogP contribution in [0.1, 0.15) is 24.8 Å². The molecule has 1 aliphatic carbocycles. The number of para-hydroxylation sites is 1. The zero-order valence-corrected chi connectivity index (χ0v) is 10.5. The first-order valence-electron chi connectivity index (χ1n) is 6.31. The van der Waals surface area contributed by atoms with E-state index in [2.05, 4.69) is 5.32 Å². The van der Waals surface area contributed by atoms with Gasteiger partial charge >= 0.3 is 5.69 Å². The highest BCUT2D eigenvalue weighted by molar-refractivity contribution is 5.68. The van der Waals surface area contributed by atoms with Crippen LogP contribution in [0.25, 0.3) is 0 Å². The summed E-state index contributed by atoms with van der Waals surface area (Å²) in [5.74, 6) is 0.338. The van der Waals surface area contributed by atoms with Gasteiger partial charge in [0.15, 0.2) is 0 Å². The van der Waals surface area contributed by atoms with Crippen molar-refractivity contribution in [3.63, 3.8) is 0 Å². The molecule has 3 N–H and O–H groups in total. The van der Waals surface area contributed by atoms with Crippen molar-refractivity contribution in [3.8, 4) is 6.07 Å². The Balaban J connectivity index is 2.30. The number of nitro benzene ring substituents is 1. The van der Waals surface area contributed by atoms with Crippen molar-refractivity contribution in [2.75, 3.05) is 11.9 Å². The zero-order chi connectivity index (χ0) is 13.8. The number of anilines is 1. The van der Waals surface area contributed by atoms with Crippen LogP contribution in [0, 0.1) is 27.4 Å². The number of rotatable bonds is 4. The summed E-state index contributed by atoms with van der Waals surface area (Å²) in [7, 11) is 0. The van der Waals surface area contributed by atoms with Crippen molar-refractivity contribution >= 4 is 11.4 Å². The zero-order valence-electron chi connectivity index (χ0n) is 10.5. The molecular weight excluding hydrogens is 244 g/mol. The monoisotopic (exact) mass is 260 g/mol. The summed E-state index contributed by atoms with van der Waals surface area (Å²) < 4.78 is 0. The molecule has 1 aromatic rings. The molecule has 1 aliphatic rings. The molecule has 0 saturated heterocycles. The molecule has 19 heavy (non-hydrogen) atoms. The molecule has 2 unspecified atom stereocenters. The topological polar surface area (TPSA) is 105 Å². The minimum Gasteiger partial charge on any atom is -0.376 e. The second-order valence-corrected chi connectivity index (χ2v) is 4.75. The number of nitriles is 1. The lowest BCUT2D eigenvalue weighted by atomic mass is 10.0. The van der Waals surface area contributed by atoms with Crippen LogP contribution in [-0.4, -0.2) is 17.5 Å². The Labute approximate surface area is 111 Å². The maximum absolute atomic E-state index is 11.1. The minimum absolute atomic E-state index is 0.0808. The van der Waals surface area contributed by atoms with Crippen LogP contribution in [0.5, 0.6) is 0 Å². The Morgan fingerprint density at radius 2 is 2.32 bits per heavy atom. The van der Waals surface area contributed by atoms with Crippen LogP contribution >= 0.6 is 0 Å². The highest BCUT2D eigenvalue weighted by Gasteiger charge is 2.28. The first-order chi connectivity index (χ1) is 9.17. The molecule has 1 aromatic carbocycles. The molecular formula is C13H16N4O2. The molecule has 2 rings (SSSR count). The molecule has 6 heteroatoms. The van der Waals surface area contributed by atoms with Gasteiger partial charge in [-0.1, -0.05) is 12.5 Å². The van der Waals surface area contributed by atoms with E-state index in [1.54, 1.807) is 12.1 Å². The number of nitro groups is 1. The van der Waals surface area contributed by atoms with Crippen molar-refractivity contribution in [2.45, 2.75) is 25.3 Å². The first kappa shape index (κ1) is 13.3. The van der Waals surface area contributed by atoms with Gasteiger partial charge in [0.25, 0.3) is 0 Å². The summed E-state index contributed by atoms with van der Waals surface area (Å²) in [5, 5.41) is 23.3. The fourth-order valence-electron chi connectivity index (χ4n) is 2.66. The van der Waals surface area contributed by atoms with Crippen molar-refractivity contribution in [3.05, 3.63) is 33.9 Å². The number of nitrogens with zero attached hydrogens (tertiary/aromatic N) is 2. The maximum atomic E-state index is 11.1. The third kappa shape index (κ3) is 2.66. The van der Waals surface area contributed by atoms with Crippen LogP contribution in [0.3, 0.4) is 0 Å². The predicted molar refractivity (Wildman–Crippen MR) is 71.6 cm³/mol. The largest absolute Gasteiger partial charge is 0.376 e. The van der Waals surface area contributed by atoms with Crippen LogP contribution in [0.4, 0.5) is 11.4 Å². The van der Waals surface area contributed by atoms with Gasteiger partial charge in [-0.3, -0.25) is 10.1 Å². The highest BCUT2D eigenvalue weighted by atomic mass is 16.6. The van der Waals surface area contributed by atoms with Crippen LogP contribution in [0.2, 0.25) is 0 Å². The first-order valence-corrected chi connectivity index (χ1v) is 6.31. The average molecular weight is 260 g/mol. The van der Waals surface area contributed by atoms with E-state index in [1.165, 1.54) is 6.07 Å². The number of benzene rings is 1. The molecule has 0 aromatic heterocycles. The molecule has 2 atom stereocenters. The van der Waals surface area contributed by atoms with E-state index < -0.39 is 4.92 Å². The Bertz CT molecular complexity index is 524. The summed E-state index contributed by atoms with van der Waals surface area (Å²) in [4.78, 5) is 10.6. The molecule has 0 radical (unpaired) electrons. The maximum Gasteiger partial charge on any atom is 0.309 e. The third-order valence-corrected chi connectivity index (χ3v) is 3.64. The molecule has 1 fully saturated rings. The van der Waals surface area contributed by atoms with E-state index in [9.17, 15) is 10.1 Å².